The van der Waals surface area contributed by atoms with Crippen molar-refractivity contribution in [1.82, 2.24) is 0 Å². The highest BCUT2D eigenvalue weighted by Crippen LogP contribution is 2.37. The molecule has 0 spiro atoms. The van der Waals surface area contributed by atoms with Gasteiger partial charge >= 0.3 is 5.97 Å². The summed E-state index contributed by atoms with van der Waals surface area (Å²) in [5.74, 6) is -0.244. The Morgan fingerprint density at radius 3 is 2.65 bits per heavy atom. The molecule has 0 aromatic heterocycles. The van der Waals surface area contributed by atoms with Crippen molar-refractivity contribution >= 4 is 51.4 Å². The maximum Gasteiger partial charge on any atom is 0.345 e. The predicted molar refractivity (Wildman–Crippen MR) is 92.1 cm³/mol. The maximum atomic E-state index is 12.3. The highest BCUT2D eigenvalue weighted by Gasteiger charge is 2.19. The van der Waals surface area contributed by atoms with Gasteiger partial charge < -0.3 is 9.47 Å². The van der Waals surface area contributed by atoms with Gasteiger partial charge in [0.25, 0.3) is 0 Å². The van der Waals surface area contributed by atoms with E-state index in [1.165, 1.54) is 24.3 Å². The van der Waals surface area contributed by atoms with Crippen LogP contribution in [0.3, 0.4) is 0 Å². The first-order valence-corrected chi connectivity index (χ1v) is 8.10. The molecule has 0 saturated carbocycles. The number of benzene rings is 2. The van der Waals surface area contributed by atoms with E-state index in [1.807, 2.05) is 0 Å². The third-order valence-electron chi connectivity index (χ3n) is 2.81. The molecular weight excluding hydrogens is 407 g/mol. The molecule has 4 nitrogen and oxygen atoms in total. The normalized spacial score (nSPS) is 10.3. The summed E-state index contributed by atoms with van der Waals surface area (Å²) in [5.41, 5.74) is 0.522. The third kappa shape index (κ3) is 4.25. The van der Waals surface area contributed by atoms with Gasteiger partial charge in [0.15, 0.2) is 11.5 Å². The first-order chi connectivity index (χ1) is 11.0. The molecule has 0 unspecified atom stereocenters. The van der Waals surface area contributed by atoms with E-state index < -0.39 is 5.97 Å². The smallest absolute Gasteiger partial charge is 0.345 e. The highest BCUT2D eigenvalue weighted by molar-refractivity contribution is 9.10. The van der Waals surface area contributed by atoms with Gasteiger partial charge in [-0.1, -0.05) is 23.2 Å². The quantitative estimate of drug-likeness (QED) is 0.381. The Labute approximate surface area is 151 Å². The molecule has 0 N–H and O–H groups in total. The Morgan fingerprint density at radius 2 is 2.00 bits per heavy atom. The van der Waals surface area contributed by atoms with Gasteiger partial charge in [0, 0.05) is 10.6 Å². The second kappa shape index (κ2) is 7.81. The number of hydrogen-bond acceptors (Lipinski definition) is 4. The van der Waals surface area contributed by atoms with E-state index >= 15 is 0 Å². The largest absolute Gasteiger partial charge is 0.490 e. The fourth-order valence-electron chi connectivity index (χ4n) is 1.82. The molecule has 0 aliphatic heterocycles. The van der Waals surface area contributed by atoms with Crippen LogP contribution in [0, 0.1) is 0 Å². The minimum Gasteiger partial charge on any atom is -0.490 e. The zero-order chi connectivity index (χ0) is 17.0. The van der Waals surface area contributed by atoms with E-state index in [2.05, 4.69) is 15.9 Å². The summed E-state index contributed by atoms with van der Waals surface area (Å²) in [6.45, 7) is 2.12. The molecular formula is C16H11BrCl2O4. The molecule has 2 aromatic rings. The average molecular weight is 418 g/mol. The van der Waals surface area contributed by atoms with E-state index in [0.29, 0.717) is 28.0 Å². The molecule has 0 radical (unpaired) electrons. The summed E-state index contributed by atoms with van der Waals surface area (Å²) >= 11 is 15.1. The number of carbonyl (C=O) groups excluding carboxylic acids is 2. The SMILES string of the molecule is CCOc1cc(C=O)cc(Br)c1OC(=O)c1cc(Cl)ccc1Cl. The van der Waals surface area contributed by atoms with Crippen LogP contribution < -0.4 is 9.47 Å². The number of hydrogen-bond donors (Lipinski definition) is 0. The summed E-state index contributed by atoms with van der Waals surface area (Å²) in [4.78, 5) is 23.3. The Balaban J connectivity index is 2.40. The minimum atomic E-state index is -0.682. The number of aldehydes is 1. The summed E-state index contributed by atoms with van der Waals surface area (Å²) in [5, 5.41) is 0.583. The van der Waals surface area contributed by atoms with Crippen LogP contribution >= 0.6 is 39.1 Å². The summed E-state index contributed by atoms with van der Waals surface area (Å²) in [6.07, 6.45) is 0.673. The lowest BCUT2D eigenvalue weighted by molar-refractivity contribution is 0.0727. The lowest BCUT2D eigenvalue weighted by Gasteiger charge is -2.13. The van der Waals surface area contributed by atoms with Crippen molar-refractivity contribution in [2.75, 3.05) is 6.61 Å². The van der Waals surface area contributed by atoms with Crippen LogP contribution in [-0.4, -0.2) is 18.9 Å². The predicted octanol–water partition coefficient (Wildman–Crippen LogP) is 5.19. The molecule has 120 valence electrons. The molecule has 2 rings (SSSR count). The lowest BCUT2D eigenvalue weighted by atomic mass is 10.2. The summed E-state index contributed by atoms with van der Waals surface area (Å²) in [7, 11) is 0. The summed E-state index contributed by atoms with van der Waals surface area (Å²) < 4.78 is 11.2. The number of halogens is 3. The maximum absolute atomic E-state index is 12.3. The Kier molecular flexibility index (Phi) is 6.04. The van der Waals surface area contributed by atoms with Crippen molar-refractivity contribution in [3.63, 3.8) is 0 Å². The molecule has 23 heavy (non-hydrogen) atoms. The number of ether oxygens (including phenoxy) is 2. The molecule has 0 aliphatic carbocycles. The zero-order valence-corrected chi connectivity index (χ0v) is 15.0. The lowest BCUT2D eigenvalue weighted by Crippen LogP contribution is -2.11. The van der Waals surface area contributed by atoms with Crippen LogP contribution in [0.4, 0.5) is 0 Å². The van der Waals surface area contributed by atoms with Crippen LogP contribution in [0.5, 0.6) is 11.5 Å². The van der Waals surface area contributed by atoms with Crippen LogP contribution in [0.15, 0.2) is 34.8 Å². The number of carbonyl (C=O) groups is 2. The molecule has 2 aromatic carbocycles. The van der Waals surface area contributed by atoms with Gasteiger partial charge in [-0.25, -0.2) is 4.79 Å². The molecule has 0 fully saturated rings. The standard InChI is InChI=1S/C16H11BrCl2O4/c1-2-22-14-6-9(8-20)5-12(17)15(14)23-16(21)11-7-10(18)3-4-13(11)19/h3-8H,2H2,1H3. The van der Waals surface area contributed by atoms with Gasteiger partial charge in [0.05, 0.1) is 21.7 Å². The fourth-order valence-corrected chi connectivity index (χ4v) is 2.73. The van der Waals surface area contributed by atoms with E-state index in [4.69, 9.17) is 32.7 Å². The highest BCUT2D eigenvalue weighted by atomic mass is 79.9. The number of rotatable bonds is 5. The monoisotopic (exact) mass is 416 g/mol. The topological polar surface area (TPSA) is 52.6 Å². The van der Waals surface area contributed by atoms with E-state index in [0.717, 1.165) is 0 Å². The molecule has 0 saturated heterocycles. The van der Waals surface area contributed by atoms with E-state index in [9.17, 15) is 9.59 Å². The summed E-state index contributed by atoms with van der Waals surface area (Å²) in [6, 6.07) is 7.51. The van der Waals surface area contributed by atoms with Crippen LogP contribution in [0.2, 0.25) is 10.0 Å². The number of esters is 1. The molecule has 0 atom stereocenters. The van der Waals surface area contributed by atoms with Gasteiger partial charge in [-0.15, -0.1) is 0 Å². The van der Waals surface area contributed by atoms with Crippen molar-refractivity contribution in [2.24, 2.45) is 0 Å². The molecule has 0 heterocycles. The van der Waals surface area contributed by atoms with Crippen molar-refractivity contribution in [3.05, 3.63) is 56.0 Å². The Bertz CT molecular complexity index is 762. The van der Waals surface area contributed by atoms with Crippen molar-refractivity contribution in [3.8, 4) is 11.5 Å². The molecule has 0 bridgehead atoms. The zero-order valence-electron chi connectivity index (χ0n) is 11.9. The molecule has 7 heteroatoms. The van der Waals surface area contributed by atoms with Crippen molar-refractivity contribution in [2.45, 2.75) is 6.92 Å². The van der Waals surface area contributed by atoms with E-state index in [1.54, 1.807) is 13.0 Å². The van der Waals surface area contributed by atoms with Crippen LogP contribution in [-0.2, 0) is 0 Å². The van der Waals surface area contributed by atoms with Gasteiger partial charge in [-0.2, -0.15) is 0 Å². The molecule has 0 amide bonds. The second-order valence-corrected chi connectivity index (χ2v) is 6.09. The van der Waals surface area contributed by atoms with Crippen molar-refractivity contribution in [1.29, 1.82) is 0 Å². The third-order valence-corrected chi connectivity index (χ3v) is 3.96. The Hall–Kier alpha value is -1.56. The Morgan fingerprint density at radius 1 is 1.26 bits per heavy atom. The first kappa shape index (κ1) is 17.8. The van der Waals surface area contributed by atoms with Crippen molar-refractivity contribution < 1.29 is 19.1 Å². The van der Waals surface area contributed by atoms with Gasteiger partial charge in [-0.3, -0.25) is 4.79 Å². The molecule has 0 aliphatic rings. The second-order valence-electron chi connectivity index (χ2n) is 4.39. The van der Waals surface area contributed by atoms with Crippen LogP contribution in [0.1, 0.15) is 27.6 Å². The fraction of sp³-hybridized carbons (Fsp3) is 0.125. The first-order valence-electron chi connectivity index (χ1n) is 6.55. The average Bonchev–Trinajstić information content (AvgIpc) is 2.52. The van der Waals surface area contributed by atoms with Gasteiger partial charge in [-0.05, 0) is 53.2 Å². The van der Waals surface area contributed by atoms with E-state index in [-0.39, 0.29) is 22.1 Å². The minimum absolute atomic E-state index is 0.132. The van der Waals surface area contributed by atoms with Gasteiger partial charge in [0.2, 0.25) is 0 Å². The van der Waals surface area contributed by atoms with Gasteiger partial charge in [0.1, 0.15) is 6.29 Å². The van der Waals surface area contributed by atoms with Crippen LogP contribution in [0.25, 0.3) is 0 Å².